The third-order valence-electron chi connectivity index (χ3n) is 6.61. The number of likely N-dealkylation sites (tertiary alicyclic amines) is 1. The predicted molar refractivity (Wildman–Crippen MR) is 122 cm³/mol. The molecule has 3 heterocycles. The number of rotatable bonds is 6. The molecule has 5 rings (SSSR count). The van der Waals surface area contributed by atoms with E-state index in [4.69, 9.17) is 14.5 Å². The van der Waals surface area contributed by atoms with Gasteiger partial charge in [-0.15, -0.1) is 0 Å². The number of carbonyl (C=O) groups excluding carboxylic acids is 1. The maximum absolute atomic E-state index is 13.9. The Morgan fingerprint density at radius 3 is 2.56 bits per heavy atom. The van der Waals surface area contributed by atoms with Crippen LogP contribution in [0.1, 0.15) is 79.1 Å². The van der Waals surface area contributed by atoms with Gasteiger partial charge in [0, 0.05) is 24.2 Å². The number of hydrogen-bond acceptors (Lipinski definition) is 5. The van der Waals surface area contributed by atoms with Crippen molar-refractivity contribution >= 4 is 16.9 Å². The van der Waals surface area contributed by atoms with Crippen LogP contribution in [0.4, 0.5) is 0 Å². The molecule has 1 saturated carbocycles. The monoisotopic (exact) mass is 434 g/mol. The minimum absolute atomic E-state index is 0.00930. The van der Waals surface area contributed by atoms with Crippen molar-refractivity contribution < 1.29 is 14.3 Å². The molecule has 1 aromatic carbocycles. The van der Waals surface area contributed by atoms with Gasteiger partial charge in [-0.05, 0) is 63.3 Å². The predicted octanol–water partition coefficient (Wildman–Crippen LogP) is 4.88. The summed E-state index contributed by atoms with van der Waals surface area (Å²) in [6.45, 7) is 4.92. The lowest BCUT2D eigenvalue weighted by molar-refractivity contribution is 0.0737. The van der Waals surface area contributed by atoms with Gasteiger partial charge in [0.2, 0.25) is 0 Å². The first kappa shape index (κ1) is 20.8. The van der Waals surface area contributed by atoms with E-state index in [9.17, 15) is 4.79 Å². The molecule has 1 aliphatic heterocycles. The molecular weight excluding hydrogens is 404 g/mol. The van der Waals surface area contributed by atoms with Crippen LogP contribution in [0.2, 0.25) is 0 Å². The largest absolute Gasteiger partial charge is 0.493 e. The molecule has 168 valence electrons. The third kappa shape index (κ3) is 3.49. The average molecular weight is 435 g/mol. The maximum atomic E-state index is 13.9. The first-order chi connectivity index (χ1) is 15.5. The second-order valence-corrected chi connectivity index (χ2v) is 9.06. The number of carbonyl (C=O) groups is 1. The fraction of sp³-hybridized carbons (Fsp3) is 0.480. The van der Waals surface area contributed by atoms with Crippen molar-refractivity contribution in [2.75, 3.05) is 20.8 Å². The van der Waals surface area contributed by atoms with Crippen LogP contribution in [0, 0.1) is 0 Å². The highest BCUT2D eigenvalue weighted by molar-refractivity contribution is 6.05. The summed E-state index contributed by atoms with van der Waals surface area (Å²) in [6, 6.07) is 8.14. The van der Waals surface area contributed by atoms with Crippen LogP contribution in [-0.4, -0.2) is 46.3 Å². The number of nitrogens with zero attached hydrogens (tertiary/aromatic N) is 4. The third-order valence-corrected chi connectivity index (χ3v) is 6.61. The van der Waals surface area contributed by atoms with Crippen LogP contribution < -0.4 is 9.47 Å². The van der Waals surface area contributed by atoms with Crippen molar-refractivity contribution in [3.8, 4) is 11.5 Å². The number of methoxy groups -OCH3 is 2. The van der Waals surface area contributed by atoms with Crippen LogP contribution in [0.3, 0.4) is 0 Å². The first-order valence-corrected chi connectivity index (χ1v) is 11.4. The molecule has 1 amide bonds. The second kappa shape index (κ2) is 8.11. The SMILES string of the molecule is COc1ccc(C2CCCN2C(=O)c2cc(C3CC3)nc3c2cnn3C(C)C)cc1OC. The molecule has 1 aliphatic carbocycles. The number of pyridine rings is 1. The molecule has 2 fully saturated rings. The van der Waals surface area contributed by atoms with Crippen LogP contribution >= 0.6 is 0 Å². The standard InChI is InChI=1S/C25H30N4O3/c1-15(2)29-24-19(14-26-29)18(13-20(27-24)16-7-8-16)25(30)28-11-5-6-21(28)17-9-10-22(31-3)23(12-17)32-4/h9-10,12-16,21H,5-8,11H2,1-4H3. The molecule has 0 spiro atoms. The lowest BCUT2D eigenvalue weighted by Gasteiger charge is -2.26. The minimum Gasteiger partial charge on any atom is -0.493 e. The van der Waals surface area contributed by atoms with Gasteiger partial charge in [-0.3, -0.25) is 4.79 Å². The van der Waals surface area contributed by atoms with Crippen molar-refractivity contribution in [1.29, 1.82) is 0 Å². The van der Waals surface area contributed by atoms with Crippen LogP contribution in [0.25, 0.3) is 11.0 Å². The van der Waals surface area contributed by atoms with Gasteiger partial charge in [-0.2, -0.15) is 5.10 Å². The Labute approximate surface area is 188 Å². The first-order valence-electron chi connectivity index (χ1n) is 11.4. The fourth-order valence-electron chi connectivity index (χ4n) is 4.75. The molecule has 0 N–H and O–H groups in total. The van der Waals surface area contributed by atoms with Gasteiger partial charge in [-0.25, -0.2) is 9.67 Å². The highest BCUT2D eigenvalue weighted by Gasteiger charge is 2.34. The summed E-state index contributed by atoms with van der Waals surface area (Å²) in [6.07, 6.45) is 5.98. The smallest absolute Gasteiger partial charge is 0.255 e. The molecule has 0 radical (unpaired) electrons. The lowest BCUT2D eigenvalue weighted by Crippen LogP contribution is -2.31. The van der Waals surface area contributed by atoms with Crippen molar-refractivity contribution in [3.63, 3.8) is 0 Å². The van der Waals surface area contributed by atoms with Crippen LogP contribution in [-0.2, 0) is 0 Å². The number of hydrogen-bond donors (Lipinski definition) is 0. The Morgan fingerprint density at radius 1 is 1.09 bits per heavy atom. The van der Waals surface area contributed by atoms with Crippen molar-refractivity contribution in [2.45, 2.75) is 57.5 Å². The number of ether oxygens (including phenoxy) is 2. The maximum Gasteiger partial charge on any atom is 0.255 e. The summed E-state index contributed by atoms with van der Waals surface area (Å²) in [5.41, 5.74) is 3.62. The van der Waals surface area contributed by atoms with Gasteiger partial charge in [0.15, 0.2) is 17.1 Å². The summed E-state index contributed by atoms with van der Waals surface area (Å²) >= 11 is 0. The fourth-order valence-corrected chi connectivity index (χ4v) is 4.75. The molecule has 7 nitrogen and oxygen atoms in total. The Morgan fingerprint density at radius 2 is 1.88 bits per heavy atom. The zero-order chi connectivity index (χ0) is 22.4. The zero-order valence-corrected chi connectivity index (χ0v) is 19.2. The molecule has 1 atom stereocenters. The molecule has 7 heteroatoms. The Balaban J connectivity index is 1.55. The number of fused-ring (bicyclic) bond motifs is 1. The molecule has 1 saturated heterocycles. The van der Waals surface area contributed by atoms with Crippen molar-refractivity contribution in [3.05, 3.63) is 47.3 Å². The topological polar surface area (TPSA) is 69.5 Å². The average Bonchev–Trinajstić information content (AvgIpc) is 3.38. The van der Waals surface area contributed by atoms with Gasteiger partial charge in [0.25, 0.3) is 5.91 Å². The van der Waals surface area contributed by atoms with Crippen LogP contribution in [0.15, 0.2) is 30.5 Å². The molecule has 0 bridgehead atoms. The Bertz CT molecular complexity index is 1170. The number of amides is 1. The van der Waals surface area contributed by atoms with E-state index in [0.717, 1.165) is 60.1 Å². The second-order valence-electron chi connectivity index (χ2n) is 9.06. The minimum atomic E-state index is 0.00930. The van der Waals surface area contributed by atoms with E-state index in [2.05, 4.69) is 18.9 Å². The molecule has 2 aliphatic rings. The van der Waals surface area contributed by atoms with Gasteiger partial charge in [0.05, 0.1) is 37.4 Å². The highest BCUT2D eigenvalue weighted by atomic mass is 16.5. The number of aromatic nitrogens is 3. The number of benzene rings is 1. The summed E-state index contributed by atoms with van der Waals surface area (Å²) in [5.74, 6) is 1.89. The van der Waals surface area contributed by atoms with E-state index in [1.165, 1.54) is 0 Å². The van der Waals surface area contributed by atoms with Crippen molar-refractivity contribution in [2.24, 2.45) is 0 Å². The van der Waals surface area contributed by atoms with Gasteiger partial charge in [0.1, 0.15) is 0 Å². The normalized spacial score (nSPS) is 18.5. The van der Waals surface area contributed by atoms with E-state index in [1.807, 2.05) is 33.8 Å². The highest BCUT2D eigenvalue weighted by Crippen LogP contribution is 2.42. The van der Waals surface area contributed by atoms with E-state index in [0.29, 0.717) is 17.4 Å². The zero-order valence-electron chi connectivity index (χ0n) is 19.2. The summed E-state index contributed by atoms with van der Waals surface area (Å²) < 4.78 is 12.8. The molecule has 3 aromatic rings. The van der Waals surface area contributed by atoms with E-state index >= 15 is 0 Å². The molecule has 1 unspecified atom stereocenters. The lowest BCUT2D eigenvalue weighted by atomic mass is 10.0. The van der Waals surface area contributed by atoms with Crippen molar-refractivity contribution in [1.82, 2.24) is 19.7 Å². The Hall–Kier alpha value is -3.09. The quantitative estimate of drug-likeness (QED) is 0.553. The van der Waals surface area contributed by atoms with Gasteiger partial charge < -0.3 is 14.4 Å². The van der Waals surface area contributed by atoms with Crippen LogP contribution in [0.5, 0.6) is 11.5 Å². The van der Waals surface area contributed by atoms with E-state index in [-0.39, 0.29) is 18.0 Å². The summed E-state index contributed by atoms with van der Waals surface area (Å²) in [5, 5.41) is 5.40. The molecule has 2 aromatic heterocycles. The van der Waals surface area contributed by atoms with E-state index in [1.54, 1.807) is 20.4 Å². The van der Waals surface area contributed by atoms with Gasteiger partial charge >= 0.3 is 0 Å². The Kier molecular flexibility index (Phi) is 5.27. The molecular formula is C25H30N4O3. The summed E-state index contributed by atoms with van der Waals surface area (Å²) in [4.78, 5) is 20.8. The summed E-state index contributed by atoms with van der Waals surface area (Å²) in [7, 11) is 3.27. The molecule has 32 heavy (non-hydrogen) atoms. The van der Waals surface area contributed by atoms with Gasteiger partial charge in [-0.1, -0.05) is 6.07 Å². The van der Waals surface area contributed by atoms with E-state index < -0.39 is 0 Å².